The van der Waals surface area contributed by atoms with Crippen molar-refractivity contribution in [1.82, 2.24) is 5.43 Å². The molecule has 0 aliphatic rings. The molecule has 0 heterocycles. The number of carbonyl (C=O) groups is 1. The highest BCUT2D eigenvalue weighted by molar-refractivity contribution is 9.10. The minimum Gasteiger partial charge on any atom is -0.493 e. The Kier molecular flexibility index (Phi) is 8.39. The highest BCUT2D eigenvalue weighted by atomic mass is 79.9. The summed E-state index contributed by atoms with van der Waals surface area (Å²) >= 11 is 16.0. The number of nitrogens with zero attached hydrogens (tertiary/aromatic N) is 1. The molecule has 0 saturated carbocycles. The Morgan fingerprint density at radius 2 is 1.91 bits per heavy atom. The van der Waals surface area contributed by atoms with E-state index in [4.69, 9.17) is 32.7 Å². The first-order valence-corrected chi connectivity index (χ1v) is 11.0. The predicted octanol–water partition coefficient (Wildman–Crippen LogP) is 6.81. The van der Waals surface area contributed by atoms with Gasteiger partial charge in [-0.2, -0.15) is 5.10 Å². The number of urea groups is 1. The van der Waals surface area contributed by atoms with Gasteiger partial charge in [0.2, 0.25) is 0 Å². The number of anilines is 1. The second kappa shape index (κ2) is 11.2. The third-order valence-electron chi connectivity index (χ3n) is 4.38. The van der Waals surface area contributed by atoms with Crippen LogP contribution < -0.4 is 20.2 Å². The zero-order valence-electron chi connectivity index (χ0n) is 17.3. The van der Waals surface area contributed by atoms with Crippen LogP contribution in [0.5, 0.6) is 11.5 Å². The van der Waals surface area contributed by atoms with Crippen LogP contribution in [-0.2, 0) is 6.61 Å². The van der Waals surface area contributed by atoms with Crippen LogP contribution in [0.1, 0.15) is 16.7 Å². The van der Waals surface area contributed by atoms with E-state index in [-0.39, 0.29) is 6.61 Å². The van der Waals surface area contributed by atoms with E-state index in [1.807, 2.05) is 37.3 Å². The molecule has 0 fully saturated rings. The van der Waals surface area contributed by atoms with Crippen molar-refractivity contribution in [2.75, 3.05) is 12.4 Å². The zero-order chi connectivity index (χ0) is 23.1. The second-order valence-electron chi connectivity index (χ2n) is 6.70. The molecule has 0 radical (unpaired) electrons. The maximum absolute atomic E-state index is 12.1. The number of hydrogen-bond donors (Lipinski definition) is 2. The van der Waals surface area contributed by atoms with Gasteiger partial charge in [-0.1, -0.05) is 57.3 Å². The number of halogens is 3. The molecule has 0 aliphatic carbocycles. The summed E-state index contributed by atoms with van der Waals surface area (Å²) in [5.74, 6) is 0.823. The monoisotopic (exact) mass is 535 g/mol. The molecule has 3 aromatic carbocycles. The second-order valence-corrected chi connectivity index (χ2v) is 8.37. The summed E-state index contributed by atoms with van der Waals surface area (Å²) in [5, 5.41) is 7.62. The first kappa shape index (κ1) is 23.9. The van der Waals surface area contributed by atoms with Crippen molar-refractivity contribution in [3.63, 3.8) is 0 Å². The third-order valence-corrected chi connectivity index (χ3v) is 5.92. The minimum absolute atomic E-state index is 0.237. The molecule has 2 N–H and O–H groups in total. The highest BCUT2D eigenvalue weighted by Gasteiger charge is 2.13. The van der Waals surface area contributed by atoms with Gasteiger partial charge in [0, 0.05) is 20.7 Å². The van der Waals surface area contributed by atoms with Crippen LogP contribution in [0.3, 0.4) is 0 Å². The highest BCUT2D eigenvalue weighted by Crippen LogP contribution is 2.37. The number of methoxy groups -OCH3 is 1. The standard InChI is InChI=1S/C23H20BrCl2N3O3/c1-14-9-17(7-8-18(14)24)28-23(30)29-27-12-15-10-20(26)22(21(11-15)31-2)32-13-16-5-3-4-6-19(16)25/h3-12H,13H2,1-2H3,(H2,28,29,30)/b27-12+. The van der Waals surface area contributed by atoms with E-state index >= 15 is 0 Å². The summed E-state index contributed by atoms with van der Waals surface area (Å²) < 4.78 is 12.2. The Morgan fingerprint density at radius 3 is 2.62 bits per heavy atom. The van der Waals surface area contributed by atoms with Crippen molar-refractivity contribution >= 4 is 57.1 Å². The Labute approximate surface area is 204 Å². The summed E-state index contributed by atoms with van der Waals surface area (Å²) in [6.07, 6.45) is 1.46. The van der Waals surface area contributed by atoms with Gasteiger partial charge in [0.15, 0.2) is 11.5 Å². The van der Waals surface area contributed by atoms with Crippen molar-refractivity contribution in [3.8, 4) is 11.5 Å². The summed E-state index contributed by atoms with van der Waals surface area (Å²) in [4.78, 5) is 12.1. The normalized spacial score (nSPS) is 10.8. The van der Waals surface area contributed by atoms with Crippen molar-refractivity contribution < 1.29 is 14.3 Å². The van der Waals surface area contributed by atoms with Gasteiger partial charge in [0.25, 0.3) is 0 Å². The van der Waals surface area contributed by atoms with Crippen LogP contribution >= 0.6 is 39.1 Å². The molecule has 3 rings (SSSR count). The molecule has 0 bridgehead atoms. The summed E-state index contributed by atoms with van der Waals surface area (Å²) in [6.45, 7) is 2.17. The number of aryl methyl sites for hydroxylation is 1. The number of hydrazone groups is 1. The van der Waals surface area contributed by atoms with Gasteiger partial charge in [0.1, 0.15) is 6.61 Å². The molecule has 0 saturated heterocycles. The van der Waals surface area contributed by atoms with E-state index in [1.54, 1.807) is 24.3 Å². The molecular formula is C23H20BrCl2N3O3. The summed E-state index contributed by atoms with van der Waals surface area (Å²) in [5.41, 5.74) is 5.53. The van der Waals surface area contributed by atoms with Crippen LogP contribution in [-0.4, -0.2) is 19.4 Å². The van der Waals surface area contributed by atoms with Crippen LogP contribution in [0.15, 0.2) is 64.2 Å². The summed E-state index contributed by atoms with van der Waals surface area (Å²) in [6, 6.07) is 15.8. The van der Waals surface area contributed by atoms with E-state index in [0.717, 1.165) is 15.6 Å². The number of nitrogens with one attached hydrogen (secondary N) is 2. The fourth-order valence-corrected chi connectivity index (χ4v) is 3.48. The van der Waals surface area contributed by atoms with Crippen molar-refractivity contribution in [2.45, 2.75) is 13.5 Å². The molecule has 0 unspecified atom stereocenters. The lowest BCUT2D eigenvalue weighted by atomic mass is 10.2. The van der Waals surface area contributed by atoms with Gasteiger partial charge in [-0.25, -0.2) is 10.2 Å². The molecule has 0 aliphatic heterocycles. The molecule has 9 heteroatoms. The molecule has 166 valence electrons. The molecule has 3 aromatic rings. The Hall–Kier alpha value is -2.74. The van der Waals surface area contributed by atoms with E-state index in [2.05, 4.69) is 31.8 Å². The van der Waals surface area contributed by atoms with Gasteiger partial charge in [0.05, 0.1) is 18.3 Å². The first-order chi connectivity index (χ1) is 15.4. The number of amides is 2. The van der Waals surface area contributed by atoms with E-state index in [1.165, 1.54) is 13.3 Å². The molecule has 0 spiro atoms. The maximum atomic E-state index is 12.1. The van der Waals surface area contributed by atoms with Crippen LogP contribution in [0.2, 0.25) is 10.0 Å². The van der Waals surface area contributed by atoms with Crippen LogP contribution in [0.25, 0.3) is 0 Å². The van der Waals surface area contributed by atoms with E-state index in [0.29, 0.717) is 32.8 Å². The SMILES string of the molecule is COc1cc(/C=N/NC(=O)Nc2ccc(Br)c(C)c2)cc(Cl)c1OCc1ccccc1Cl. The molecule has 32 heavy (non-hydrogen) atoms. The Bertz CT molecular complexity index is 1160. The predicted molar refractivity (Wildman–Crippen MR) is 132 cm³/mol. The average molecular weight is 537 g/mol. The summed E-state index contributed by atoms with van der Waals surface area (Å²) in [7, 11) is 1.51. The number of benzene rings is 3. The van der Waals surface area contributed by atoms with Crippen molar-refractivity contribution in [2.24, 2.45) is 5.10 Å². The average Bonchev–Trinajstić information content (AvgIpc) is 2.76. The van der Waals surface area contributed by atoms with Gasteiger partial charge in [-0.3, -0.25) is 0 Å². The molecule has 0 atom stereocenters. The van der Waals surface area contributed by atoms with Crippen molar-refractivity contribution in [1.29, 1.82) is 0 Å². The maximum Gasteiger partial charge on any atom is 0.339 e. The van der Waals surface area contributed by atoms with Crippen LogP contribution in [0, 0.1) is 6.92 Å². The molecule has 2 amide bonds. The molecular weight excluding hydrogens is 517 g/mol. The smallest absolute Gasteiger partial charge is 0.339 e. The number of ether oxygens (including phenoxy) is 2. The molecule has 0 aromatic heterocycles. The first-order valence-electron chi connectivity index (χ1n) is 9.47. The zero-order valence-corrected chi connectivity index (χ0v) is 20.4. The topological polar surface area (TPSA) is 72.0 Å². The van der Waals surface area contributed by atoms with Crippen LogP contribution in [0.4, 0.5) is 10.5 Å². The van der Waals surface area contributed by atoms with Crippen molar-refractivity contribution in [3.05, 3.63) is 85.8 Å². The fourth-order valence-electron chi connectivity index (χ4n) is 2.77. The minimum atomic E-state index is -0.472. The Morgan fingerprint density at radius 1 is 1.12 bits per heavy atom. The third kappa shape index (κ3) is 6.38. The largest absolute Gasteiger partial charge is 0.493 e. The van der Waals surface area contributed by atoms with Gasteiger partial charge in [-0.15, -0.1) is 0 Å². The number of carbonyl (C=O) groups excluding carboxylic acids is 1. The van der Waals surface area contributed by atoms with E-state index < -0.39 is 6.03 Å². The number of hydrogen-bond acceptors (Lipinski definition) is 4. The lowest BCUT2D eigenvalue weighted by Crippen LogP contribution is -2.24. The fraction of sp³-hybridized carbons (Fsp3) is 0.130. The quantitative estimate of drug-likeness (QED) is 0.257. The van der Waals surface area contributed by atoms with Gasteiger partial charge < -0.3 is 14.8 Å². The Balaban J connectivity index is 1.64. The molecule has 6 nitrogen and oxygen atoms in total. The van der Waals surface area contributed by atoms with Gasteiger partial charge in [-0.05, 0) is 54.4 Å². The lowest BCUT2D eigenvalue weighted by Gasteiger charge is -2.14. The van der Waals surface area contributed by atoms with Gasteiger partial charge >= 0.3 is 6.03 Å². The van der Waals surface area contributed by atoms with E-state index in [9.17, 15) is 4.79 Å². The number of rotatable bonds is 7. The lowest BCUT2D eigenvalue weighted by molar-refractivity contribution is 0.252.